The van der Waals surface area contributed by atoms with Crippen LogP contribution in [0.4, 0.5) is 6.01 Å². The Balaban J connectivity index is 1.21. The molecule has 1 aromatic rings. The summed E-state index contributed by atoms with van der Waals surface area (Å²) in [5.74, 6) is 3.26. The van der Waals surface area contributed by atoms with E-state index >= 15 is 0 Å². The lowest BCUT2D eigenvalue weighted by molar-refractivity contribution is -0.132. The van der Waals surface area contributed by atoms with Gasteiger partial charge >= 0.3 is 6.01 Å². The standard InChI is InChI=1S/C19H29N5O2/c1-4-22(3)18(25)17-14-9-23(10-15(14)17)16-7-13-6-5-12(16)8-24(13)19-20-11(2)21-26-19/h12-17H,4-10H2,1-3H3/t12?,13?,14-,15+,16?,17+. The van der Waals surface area contributed by atoms with Crippen molar-refractivity contribution in [2.45, 2.75) is 45.2 Å². The first kappa shape index (κ1) is 16.5. The monoisotopic (exact) mass is 359 g/mol. The van der Waals surface area contributed by atoms with Crippen LogP contribution in [0.3, 0.4) is 0 Å². The van der Waals surface area contributed by atoms with E-state index in [0.717, 1.165) is 26.2 Å². The molecule has 26 heavy (non-hydrogen) atoms. The number of carbonyl (C=O) groups is 1. The second-order valence-electron chi connectivity index (χ2n) is 8.73. The van der Waals surface area contributed by atoms with E-state index in [1.54, 1.807) is 0 Å². The number of carbonyl (C=O) groups excluding carboxylic acids is 1. The van der Waals surface area contributed by atoms with Crippen LogP contribution in [0.1, 0.15) is 32.0 Å². The minimum absolute atomic E-state index is 0.301. The lowest BCUT2D eigenvalue weighted by atomic mass is 9.75. The Hall–Kier alpha value is -1.63. The number of hydrogen-bond donors (Lipinski definition) is 0. The zero-order valence-corrected chi connectivity index (χ0v) is 16.0. The van der Waals surface area contributed by atoms with Crippen molar-refractivity contribution in [3.63, 3.8) is 0 Å². The van der Waals surface area contributed by atoms with Gasteiger partial charge in [-0.3, -0.25) is 9.69 Å². The Bertz CT molecular complexity index is 694. The first-order chi connectivity index (χ1) is 12.6. The van der Waals surface area contributed by atoms with E-state index in [1.807, 2.05) is 18.9 Å². The number of nitrogens with zero attached hydrogens (tertiary/aromatic N) is 5. The summed E-state index contributed by atoms with van der Waals surface area (Å²) in [6, 6.07) is 1.89. The Morgan fingerprint density at radius 1 is 1.27 bits per heavy atom. The number of amides is 1. The van der Waals surface area contributed by atoms with E-state index in [1.165, 1.54) is 19.3 Å². The van der Waals surface area contributed by atoms with Crippen LogP contribution in [0.2, 0.25) is 0 Å². The molecule has 0 radical (unpaired) electrons. The SMILES string of the molecule is CCN(C)C(=O)[C@H]1[C@@H]2CN(C3CC4CCC3CN4c3nc(C)no3)C[C@@H]21. The number of likely N-dealkylation sites (tertiary alicyclic amines) is 1. The molecular weight excluding hydrogens is 330 g/mol. The molecule has 7 nitrogen and oxygen atoms in total. The van der Waals surface area contributed by atoms with Gasteiger partial charge in [0.25, 0.3) is 0 Å². The highest BCUT2D eigenvalue weighted by Crippen LogP contribution is 2.54. The average Bonchev–Trinajstić information content (AvgIpc) is 3.00. The highest BCUT2D eigenvalue weighted by Gasteiger charge is 2.61. The molecule has 3 saturated heterocycles. The number of aromatic nitrogens is 2. The van der Waals surface area contributed by atoms with Gasteiger partial charge in [0.15, 0.2) is 5.82 Å². The minimum atomic E-state index is 0.301. The molecule has 7 heteroatoms. The van der Waals surface area contributed by atoms with Gasteiger partial charge in [-0.1, -0.05) is 5.16 Å². The molecule has 6 rings (SSSR count). The summed E-state index contributed by atoms with van der Waals surface area (Å²) in [5.41, 5.74) is 0. The summed E-state index contributed by atoms with van der Waals surface area (Å²) in [7, 11) is 1.93. The van der Waals surface area contributed by atoms with Gasteiger partial charge < -0.3 is 14.3 Å². The topological polar surface area (TPSA) is 65.7 Å². The van der Waals surface area contributed by atoms with Crippen molar-refractivity contribution in [2.75, 3.05) is 38.1 Å². The largest absolute Gasteiger partial charge is 0.346 e. The minimum Gasteiger partial charge on any atom is -0.346 e. The molecule has 4 heterocycles. The highest BCUT2D eigenvalue weighted by molar-refractivity contribution is 5.82. The van der Waals surface area contributed by atoms with E-state index in [9.17, 15) is 4.79 Å². The van der Waals surface area contributed by atoms with Gasteiger partial charge in [0, 0.05) is 51.2 Å². The molecule has 5 aliphatic rings. The molecule has 1 amide bonds. The predicted molar refractivity (Wildman–Crippen MR) is 96.7 cm³/mol. The molecule has 2 saturated carbocycles. The summed E-state index contributed by atoms with van der Waals surface area (Å²) in [4.78, 5) is 23.8. The van der Waals surface area contributed by atoms with E-state index < -0.39 is 0 Å². The number of rotatable bonds is 4. The second kappa shape index (κ2) is 5.94. The van der Waals surface area contributed by atoms with Gasteiger partial charge in [-0.15, -0.1) is 0 Å². The molecule has 142 valence electrons. The molecule has 0 spiro atoms. The lowest BCUT2D eigenvalue weighted by Gasteiger charge is -2.51. The summed E-state index contributed by atoms with van der Waals surface area (Å²) >= 11 is 0. The lowest BCUT2D eigenvalue weighted by Crippen LogP contribution is -2.59. The fourth-order valence-corrected chi connectivity index (χ4v) is 5.78. The summed E-state index contributed by atoms with van der Waals surface area (Å²) in [5, 5.41) is 3.96. The number of fused-ring (bicyclic) bond motifs is 4. The van der Waals surface area contributed by atoms with E-state index in [2.05, 4.69) is 26.9 Å². The number of aryl methyl sites for hydroxylation is 1. The predicted octanol–water partition coefficient (Wildman–Crippen LogP) is 1.39. The maximum absolute atomic E-state index is 12.4. The average molecular weight is 359 g/mol. The molecule has 1 aromatic heterocycles. The van der Waals surface area contributed by atoms with E-state index in [-0.39, 0.29) is 0 Å². The molecular formula is C19H29N5O2. The Morgan fingerprint density at radius 2 is 2.04 bits per heavy atom. The normalized spacial score (nSPS) is 38.5. The van der Waals surface area contributed by atoms with Crippen LogP contribution in [-0.2, 0) is 4.79 Å². The van der Waals surface area contributed by atoms with Gasteiger partial charge in [-0.05, 0) is 50.9 Å². The zero-order chi connectivity index (χ0) is 18.0. The fourth-order valence-electron chi connectivity index (χ4n) is 5.78. The van der Waals surface area contributed by atoms with Crippen molar-refractivity contribution in [3.8, 4) is 0 Å². The molecule has 2 bridgehead atoms. The van der Waals surface area contributed by atoms with Crippen LogP contribution in [0.25, 0.3) is 0 Å². The van der Waals surface area contributed by atoms with Crippen LogP contribution in [0.15, 0.2) is 4.52 Å². The van der Waals surface area contributed by atoms with Crippen LogP contribution in [0.5, 0.6) is 0 Å². The van der Waals surface area contributed by atoms with Crippen molar-refractivity contribution < 1.29 is 9.32 Å². The van der Waals surface area contributed by atoms with Crippen LogP contribution < -0.4 is 4.90 Å². The fraction of sp³-hybridized carbons (Fsp3) is 0.842. The van der Waals surface area contributed by atoms with E-state index in [4.69, 9.17) is 4.52 Å². The molecule has 0 aromatic carbocycles. The molecule has 6 atom stereocenters. The molecule has 3 aliphatic heterocycles. The van der Waals surface area contributed by atoms with Crippen LogP contribution in [-0.4, -0.2) is 71.2 Å². The van der Waals surface area contributed by atoms with Crippen molar-refractivity contribution in [1.82, 2.24) is 19.9 Å². The van der Waals surface area contributed by atoms with Crippen LogP contribution >= 0.6 is 0 Å². The maximum atomic E-state index is 12.4. The van der Waals surface area contributed by atoms with E-state index in [0.29, 0.717) is 53.5 Å². The zero-order valence-electron chi connectivity index (χ0n) is 16.0. The number of anilines is 1. The smallest absolute Gasteiger partial charge is 0.324 e. The Kier molecular flexibility index (Phi) is 3.78. The first-order valence-electron chi connectivity index (χ1n) is 10.1. The van der Waals surface area contributed by atoms with Crippen LogP contribution in [0, 0.1) is 30.6 Å². The Labute approximate surface area is 154 Å². The van der Waals surface area contributed by atoms with Gasteiger partial charge in [0.05, 0.1) is 0 Å². The quantitative estimate of drug-likeness (QED) is 0.809. The third kappa shape index (κ3) is 2.47. The molecule has 0 N–H and O–H groups in total. The molecule has 2 aliphatic carbocycles. The summed E-state index contributed by atoms with van der Waals surface area (Å²) < 4.78 is 5.42. The number of piperidine rings is 3. The third-order valence-corrected chi connectivity index (χ3v) is 7.39. The molecule has 5 fully saturated rings. The van der Waals surface area contributed by atoms with Crippen molar-refractivity contribution in [3.05, 3.63) is 5.82 Å². The van der Waals surface area contributed by atoms with Gasteiger partial charge in [-0.25, -0.2) is 0 Å². The maximum Gasteiger partial charge on any atom is 0.324 e. The van der Waals surface area contributed by atoms with Crippen molar-refractivity contribution >= 4 is 11.9 Å². The molecule has 3 unspecified atom stereocenters. The Morgan fingerprint density at radius 3 is 2.62 bits per heavy atom. The highest BCUT2D eigenvalue weighted by atomic mass is 16.5. The summed E-state index contributed by atoms with van der Waals surface area (Å²) in [6.45, 7) is 8.01. The van der Waals surface area contributed by atoms with Crippen molar-refractivity contribution in [1.29, 1.82) is 0 Å². The van der Waals surface area contributed by atoms with Gasteiger partial charge in [0.2, 0.25) is 5.91 Å². The van der Waals surface area contributed by atoms with Gasteiger partial charge in [0.1, 0.15) is 0 Å². The van der Waals surface area contributed by atoms with Crippen molar-refractivity contribution in [2.24, 2.45) is 23.7 Å². The summed E-state index contributed by atoms with van der Waals surface area (Å²) in [6.07, 6.45) is 3.72. The number of hydrogen-bond acceptors (Lipinski definition) is 6. The second-order valence-corrected chi connectivity index (χ2v) is 8.73. The first-order valence-corrected chi connectivity index (χ1v) is 10.1. The van der Waals surface area contributed by atoms with Gasteiger partial charge in [-0.2, -0.15) is 4.98 Å². The third-order valence-electron chi connectivity index (χ3n) is 7.39.